The van der Waals surface area contributed by atoms with E-state index in [-0.39, 0.29) is 11.8 Å². The molecule has 76 valence electrons. The van der Waals surface area contributed by atoms with Crippen LogP contribution in [0.15, 0.2) is 0 Å². The van der Waals surface area contributed by atoms with E-state index in [1.807, 2.05) is 0 Å². The molecule has 0 aromatic heterocycles. The van der Waals surface area contributed by atoms with Gasteiger partial charge in [-0.2, -0.15) is 0 Å². The lowest BCUT2D eigenvalue weighted by molar-refractivity contribution is -0.112. The van der Waals surface area contributed by atoms with Gasteiger partial charge in [-0.1, -0.05) is 12.8 Å². The summed E-state index contributed by atoms with van der Waals surface area (Å²) in [6.45, 7) is 3.59. The third-order valence-corrected chi connectivity index (χ3v) is 3.30. The van der Waals surface area contributed by atoms with Crippen LogP contribution in [0.1, 0.15) is 32.6 Å². The van der Waals surface area contributed by atoms with Crippen molar-refractivity contribution in [1.29, 1.82) is 0 Å². The van der Waals surface area contributed by atoms with Gasteiger partial charge in [-0.3, -0.25) is 0 Å². The molecule has 3 heteroatoms. The summed E-state index contributed by atoms with van der Waals surface area (Å²) in [4.78, 5) is 0. The van der Waals surface area contributed by atoms with Crippen molar-refractivity contribution < 1.29 is 9.47 Å². The van der Waals surface area contributed by atoms with Crippen LogP contribution in [0, 0.1) is 5.92 Å². The first-order chi connectivity index (χ1) is 6.20. The van der Waals surface area contributed by atoms with Crippen molar-refractivity contribution in [3.8, 4) is 0 Å². The van der Waals surface area contributed by atoms with Gasteiger partial charge in [-0.05, 0) is 19.8 Å². The molecule has 2 rings (SSSR count). The van der Waals surface area contributed by atoms with Crippen LogP contribution in [0.4, 0.5) is 0 Å². The van der Waals surface area contributed by atoms with Gasteiger partial charge in [0.2, 0.25) is 0 Å². The number of hydrogen-bond acceptors (Lipinski definition) is 3. The summed E-state index contributed by atoms with van der Waals surface area (Å²) in [5.41, 5.74) is 6.15. The molecule has 2 N–H and O–H groups in total. The molecule has 0 aromatic carbocycles. The second kappa shape index (κ2) is 3.56. The Morgan fingerprint density at radius 1 is 1.23 bits per heavy atom. The molecule has 1 saturated heterocycles. The fourth-order valence-electron chi connectivity index (χ4n) is 2.44. The summed E-state index contributed by atoms with van der Waals surface area (Å²) in [6.07, 6.45) is 4.73. The molecule has 0 aromatic rings. The maximum absolute atomic E-state index is 6.24. The number of ether oxygens (including phenoxy) is 2. The first-order valence-electron chi connectivity index (χ1n) is 5.22. The van der Waals surface area contributed by atoms with Crippen molar-refractivity contribution in [3.05, 3.63) is 0 Å². The van der Waals surface area contributed by atoms with E-state index < -0.39 is 0 Å². The monoisotopic (exact) mass is 185 g/mol. The average Bonchev–Trinajstić information content (AvgIpc) is 2.55. The molecule has 0 radical (unpaired) electrons. The smallest absolute Gasteiger partial charge is 0.162 e. The standard InChI is InChI=1S/C10H19NO2/c1-10(11)5-3-2-4-8(10)9-12-6-7-13-9/h8-9H,2-7,11H2,1H3. The van der Waals surface area contributed by atoms with Gasteiger partial charge < -0.3 is 15.2 Å². The Morgan fingerprint density at radius 3 is 2.54 bits per heavy atom. The van der Waals surface area contributed by atoms with Crippen LogP contribution in [0.5, 0.6) is 0 Å². The van der Waals surface area contributed by atoms with Crippen molar-refractivity contribution in [2.24, 2.45) is 11.7 Å². The van der Waals surface area contributed by atoms with Gasteiger partial charge in [-0.15, -0.1) is 0 Å². The highest BCUT2D eigenvalue weighted by molar-refractivity contribution is 4.92. The van der Waals surface area contributed by atoms with E-state index in [0.717, 1.165) is 26.1 Å². The highest BCUT2D eigenvalue weighted by atomic mass is 16.7. The molecule has 2 aliphatic rings. The maximum atomic E-state index is 6.24. The molecule has 13 heavy (non-hydrogen) atoms. The Labute approximate surface area is 79.6 Å². The second-order valence-corrected chi connectivity index (χ2v) is 4.47. The fraction of sp³-hybridized carbons (Fsp3) is 1.00. The molecule has 1 aliphatic heterocycles. The molecular weight excluding hydrogens is 166 g/mol. The summed E-state index contributed by atoms with van der Waals surface area (Å²) >= 11 is 0. The Kier molecular flexibility index (Phi) is 2.58. The lowest BCUT2D eigenvalue weighted by Crippen LogP contribution is -2.51. The molecule has 2 unspecified atom stereocenters. The predicted molar refractivity (Wildman–Crippen MR) is 50.2 cm³/mol. The average molecular weight is 185 g/mol. The van der Waals surface area contributed by atoms with E-state index >= 15 is 0 Å². The zero-order valence-electron chi connectivity index (χ0n) is 8.29. The molecule has 1 saturated carbocycles. The van der Waals surface area contributed by atoms with E-state index in [1.165, 1.54) is 12.8 Å². The van der Waals surface area contributed by atoms with Gasteiger partial charge in [0.1, 0.15) is 0 Å². The Morgan fingerprint density at radius 2 is 1.92 bits per heavy atom. The normalized spacial score (nSPS) is 42.5. The van der Waals surface area contributed by atoms with Crippen molar-refractivity contribution in [2.45, 2.75) is 44.4 Å². The van der Waals surface area contributed by atoms with E-state index in [4.69, 9.17) is 15.2 Å². The lowest BCUT2D eigenvalue weighted by Gasteiger charge is -2.40. The third kappa shape index (κ3) is 1.87. The highest BCUT2D eigenvalue weighted by Crippen LogP contribution is 2.36. The second-order valence-electron chi connectivity index (χ2n) is 4.47. The molecule has 1 heterocycles. The Bertz CT molecular complexity index is 176. The first-order valence-corrected chi connectivity index (χ1v) is 5.22. The van der Waals surface area contributed by atoms with E-state index in [2.05, 4.69) is 6.92 Å². The minimum absolute atomic E-state index is 0.0321. The van der Waals surface area contributed by atoms with Crippen molar-refractivity contribution >= 4 is 0 Å². The maximum Gasteiger partial charge on any atom is 0.162 e. The zero-order valence-corrected chi connectivity index (χ0v) is 8.29. The predicted octanol–water partition coefficient (Wildman–Crippen LogP) is 1.27. The summed E-state index contributed by atoms with van der Waals surface area (Å²) in [5.74, 6) is 0.392. The Hall–Kier alpha value is -0.120. The van der Waals surface area contributed by atoms with Crippen LogP contribution >= 0.6 is 0 Å². The zero-order chi connectivity index (χ0) is 9.31. The van der Waals surface area contributed by atoms with Gasteiger partial charge in [0.05, 0.1) is 13.2 Å². The molecule has 1 aliphatic carbocycles. The molecular formula is C10H19NO2. The molecule has 0 amide bonds. The quantitative estimate of drug-likeness (QED) is 0.669. The summed E-state index contributed by atoms with van der Waals surface area (Å²) in [6, 6.07) is 0. The van der Waals surface area contributed by atoms with Gasteiger partial charge in [-0.25, -0.2) is 0 Å². The first kappa shape index (κ1) is 9.44. The van der Waals surface area contributed by atoms with E-state index in [9.17, 15) is 0 Å². The fourth-order valence-corrected chi connectivity index (χ4v) is 2.44. The van der Waals surface area contributed by atoms with Gasteiger partial charge >= 0.3 is 0 Å². The lowest BCUT2D eigenvalue weighted by atomic mass is 9.74. The van der Waals surface area contributed by atoms with Crippen molar-refractivity contribution in [2.75, 3.05) is 13.2 Å². The molecule has 3 nitrogen and oxygen atoms in total. The SMILES string of the molecule is CC1(N)CCCCC1C1OCCO1. The van der Waals surface area contributed by atoms with Crippen LogP contribution in [-0.4, -0.2) is 25.0 Å². The van der Waals surface area contributed by atoms with Crippen LogP contribution in [0.2, 0.25) is 0 Å². The largest absolute Gasteiger partial charge is 0.350 e. The third-order valence-electron chi connectivity index (χ3n) is 3.30. The van der Waals surface area contributed by atoms with E-state index in [0.29, 0.717) is 5.92 Å². The topological polar surface area (TPSA) is 44.5 Å². The minimum atomic E-state index is -0.0900. The highest BCUT2D eigenvalue weighted by Gasteiger charge is 2.40. The van der Waals surface area contributed by atoms with Crippen LogP contribution in [-0.2, 0) is 9.47 Å². The van der Waals surface area contributed by atoms with Crippen LogP contribution < -0.4 is 5.73 Å². The van der Waals surface area contributed by atoms with Gasteiger partial charge in [0, 0.05) is 11.5 Å². The van der Waals surface area contributed by atoms with Crippen molar-refractivity contribution in [3.63, 3.8) is 0 Å². The molecule has 2 fully saturated rings. The molecule has 0 spiro atoms. The van der Waals surface area contributed by atoms with Gasteiger partial charge in [0.15, 0.2) is 6.29 Å². The van der Waals surface area contributed by atoms with Crippen molar-refractivity contribution in [1.82, 2.24) is 0 Å². The van der Waals surface area contributed by atoms with Gasteiger partial charge in [0.25, 0.3) is 0 Å². The minimum Gasteiger partial charge on any atom is -0.350 e. The van der Waals surface area contributed by atoms with Crippen LogP contribution in [0.3, 0.4) is 0 Å². The molecule has 0 bridgehead atoms. The summed E-state index contributed by atoms with van der Waals surface area (Å²) < 4.78 is 11.1. The summed E-state index contributed by atoms with van der Waals surface area (Å²) in [7, 11) is 0. The number of hydrogen-bond donors (Lipinski definition) is 1. The Balaban J connectivity index is 2.02. The molecule has 2 atom stereocenters. The number of nitrogens with two attached hydrogens (primary N) is 1. The van der Waals surface area contributed by atoms with Crippen LogP contribution in [0.25, 0.3) is 0 Å². The van der Waals surface area contributed by atoms with E-state index in [1.54, 1.807) is 0 Å². The number of rotatable bonds is 1. The summed E-state index contributed by atoms with van der Waals surface area (Å²) in [5, 5.41) is 0.